The summed E-state index contributed by atoms with van der Waals surface area (Å²) < 4.78 is 27.9. The van der Waals surface area contributed by atoms with Crippen LogP contribution in [0.1, 0.15) is 43.4 Å². The molecule has 0 spiro atoms. The lowest BCUT2D eigenvalue weighted by Crippen LogP contribution is -2.39. The van der Waals surface area contributed by atoms with E-state index in [0.29, 0.717) is 30.5 Å². The van der Waals surface area contributed by atoms with Crippen molar-refractivity contribution < 1.29 is 8.42 Å². The lowest BCUT2D eigenvalue weighted by molar-refractivity contribution is 0.346. The van der Waals surface area contributed by atoms with Gasteiger partial charge in [0.25, 0.3) is 0 Å². The monoisotopic (exact) mass is 414 g/mol. The smallest absolute Gasteiger partial charge is 0.243 e. The third-order valence-electron chi connectivity index (χ3n) is 5.23. The number of hydrogen-bond acceptors (Lipinski definition) is 3. The molecule has 156 valence electrons. The summed E-state index contributed by atoms with van der Waals surface area (Å²) in [5.74, 6) is 0.631. The Morgan fingerprint density at radius 3 is 2.38 bits per heavy atom. The van der Waals surface area contributed by atoms with Crippen LogP contribution in [0.3, 0.4) is 0 Å². The number of aliphatic imine (C=N–C) groups is 1. The van der Waals surface area contributed by atoms with E-state index in [2.05, 4.69) is 34.7 Å². The molecule has 1 atom stereocenters. The molecule has 2 aromatic carbocycles. The van der Waals surface area contributed by atoms with Crippen molar-refractivity contribution in [3.63, 3.8) is 0 Å². The standard InChI is InChI=1S/C22H30N4O2S/c1-18(19-11-5-3-6-12-19)25-22(23-2)24-17-20-13-7-8-14-21(20)29(27,28)26-15-9-4-10-16-26/h3,5-8,11-14,18H,4,9-10,15-17H2,1-2H3,(H2,23,24,25). The van der Waals surface area contributed by atoms with E-state index in [9.17, 15) is 8.42 Å². The van der Waals surface area contributed by atoms with Gasteiger partial charge in [0.05, 0.1) is 10.9 Å². The van der Waals surface area contributed by atoms with Gasteiger partial charge < -0.3 is 10.6 Å². The Morgan fingerprint density at radius 2 is 1.69 bits per heavy atom. The topological polar surface area (TPSA) is 73.8 Å². The average Bonchev–Trinajstić information content (AvgIpc) is 2.77. The number of rotatable bonds is 6. The molecule has 2 aromatic rings. The van der Waals surface area contributed by atoms with E-state index in [1.165, 1.54) is 0 Å². The van der Waals surface area contributed by atoms with Crippen LogP contribution >= 0.6 is 0 Å². The van der Waals surface area contributed by atoms with Crippen molar-refractivity contribution in [1.29, 1.82) is 0 Å². The first-order valence-corrected chi connectivity index (χ1v) is 11.6. The Morgan fingerprint density at radius 1 is 1.03 bits per heavy atom. The molecule has 2 N–H and O–H groups in total. The normalized spacial score (nSPS) is 17.0. The number of nitrogens with zero attached hydrogens (tertiary/aromatic N) is 2. The molecule has 0 aliphatic carbocycles. The summed E-state index contributed by atoms with van der Waals surface area (Å²) in [5, 5.41) is 6.61. The Bertz CT molecular complexity index is 923. The van der Waals surface area contributed by atoms with Gasteiger partial charge in [0, 0.05) is 26.7 Å². The second-order valence-corrected chi connectivity index (χ2v) is 9.18. The van der Waals surface area contributed by atoms with E-state index >= 15 is 0 Å². The zero-order valence-corrected chi connectivity index (χ0v) is 18.0. The first-order valence-electron chi connectivity index (χ1n) is 10.1. The van der Waals surface area contributed by atoms with Gasteiger partial charge in [0.1, 0.15) is 0 Å². The fourth-order valence-electron chi connectivity index (χ4n) is 3.55. The number of hydrogen-bond donors (Lipinski definition) is 2. The summed E-state index contributed by atoms with van der Waals surface area (Å²) in [7, 11) is -1.77. The Kier molecular flexibility index (Phi) is 7.28. The van der Waals surface area contributed by atoms with Gasteiger partial charge in [-0.2, -0.15) is 4.31 Å². The van der Waals surface area contributed by atoms with Crippen LogP contribution in [0.15, 0.2) is 64.5 Å². The highest BCUT2D eigenvalue weighted by molar-refractivity contribution is 7.89. The molecule has 1 aliphatic heterocycles. The molecular weight excluding hydrogens is 384 g/mol. The van der Waals surface area contributed by atoms with Gasteiger partial charge in [-0.05, 0) is 37.0 Å². The van der Waals surface area contributed by atoms with Crippen molar-refractivity contribution in [2.24, 2.45) is 4.99 Å². The molecule has 1 unspecified atom stereocenters. The molecule has 0 radical (unpaired) electrons. The van der Waals surface area contributed by atoms with Gasteiger partial charge >= 0.3 is 0 Å². The SMILES string of the molecule is CN=C(NCc1ccccc1S(=O)(=O)N1CCCCC1)NC(C)c1ccccc1. The van der Waals surface area contributed by atoms with E-state index in [-0.39, 0.29) is 6.04 Å². The van der Waals surface area contributed by atoms with Crippen LogP contribution in [-0.4, -0.2) is 38.8 Å². The molecule has 0 saturated carbocycles. The van der Waals surface area contributed by atoms with Crippen molar-refractivity contribution in [3.05, 3.63) is 65.7 Å². The van der Waals surface area contributed by atoms with Crippen molar-refractivity contribution in [3.8, 4) is 0 Å². The highest BCUT2D eigenvalue weighted by atomic mass is 32.2. The number of benzene rings is 2. The first kappa shape index (κ1) is 21.3. The summed E-state index contributed by atoms with van der Waals surface area (Å²) in [5.41, 5.74) is 1.90. The molecule has 1 aliphatic rings. The Balaban J connectivity index is 1.70. The molecule has 6 nitrogen and oxygen atoms in total. The number of nitrogens with one attached hydrogen (secondary N) is 2. The summed E-state index contributed by atoms with van der Waals surface area (Å²) in [6.45, 7) is 3.64. The lowest BCUT2D eigenvalue weighted by atomic mass is 10.1. The molecule has 1 heterocycles. The number of sulfonamides is 1. The molecule has 0 bridgehead atoms. The van der Waals surface area contributed by atoms with Crippen LogP contribution < -0.4 is 10.6 Å². The molecule has 1 fully saturated rings. The largest absolute Gasteiger partial charge is 0.352 e. The summed E-state index contributed by atoms with van der Waals surface area (Å²) in [6.07, 6.45) is 2.94. The van der Waals surface area contributed by atoms with Crippen LogP contribution in [-0.2, 0) is 16.6 Å². The zero-order valence-electron chi connectivity index (χ0n) is 17.1. The van der Waals surface area contributed by atoms with Gasteiger partial charge in [-0.1, -0.05) is 55.0 Å². The third-order valence-corrected chi connectivity index (χ3v) is 7.23. The van der Waals surface area contributed by atoms with Gasteiger partial charge in [0.15, 0.2) is 5.96 Å². The Hall–Kier alpha value is -2.38. The van der Waals surface area contributed by atoms with Crippen LogP contribution in [0.5, 0.6) is 0 Å². The van der Waals surface area contributed by atoms with E-state index in [1.54, 1.807) is 23.5 Å². The highest BCUT2D eigenvalue weighted by Gasteiger charge is 2.27. The molecule has 0 aromatic heterocycles. The number of guanidine groups is 1. The van der Waals surface area contributed by atoms with Crippen molar-refractivity contribution in [1.82, 2.24) is 14.9 Å². The average molecular weight is 415 g/mol. The van der Waals surface area contributed by atoms with Gasteiger partial charge in [-0.25, -0.2) is 8.42 Å². The minimum atomic E-state index is -3.48. The van der Waals surface area contributed by atoms with Gasteiger partial charge in [-0.3, -0.25) is 4.99 Å². The summed E-state index contributed by atoms with van der Waals surface area (Å²) >= 11 is 0. The van der Waals surface area contributed by atoms with Crippen LogP contribution in [0, 0.1) is 0 Å². The molecule has 7 heteroatoms. The predicted molar refractivity (Wildman–Crippen MR) is 117 cm³/mol. The second-order valence-electron chi connectivity index (χ2n) is 7.27. The molecule has 29 heavy (non-hydrogen) atoms. The van der Waals surface area contributed by atoms with Gasteiger partial charge in [-0.15, -0.1) is 0 Å². The fourth-order valence-corrected chi connectivity index (χ4v) is 5.29. The van der Waals surface area contributed by atoms with E-state index in [1.807, 2.05) is 30.3 Å². The maximum absolute atomic E-state index is 13.1. The molecule has 3 rings (SSSR count). The maximum atomic E-state index is 13.1. The van der Waals surface area contributed by atoms with E-state index in [0.717, 1.165) is 30.4 Å². The quantitative estimate of drug-likeness (QED) is 0.562. The number of piperidine rings is 1. The van der Waals surface area contributed by atoms with E-state index in [4.69, 9.17) is 0 Å². The zero-order chi connectivity index (χ0) is 20.7. The van der Waals surface area contributed by atoms with Crippen LogP contribution in [0.4, 0.5) is 0 Å². The molecule has 1 saturated heterocycles. The second kappa shape index (κ2) is 9.89. The molecule has 0 amide bonds. The van der Waals surface area contributed by atoms with Crippen molar-refractivity contribution in [2.75, 3.05) is 20.1 Å². The third kappa shape index (κ3) is 5.36. The first-order chi connectivity index (χ1) is 14.0. The minimum Gasteiger partial charge on any atom is -0.352 e. The Labute approximate surface area is 174 Å². The maximum Gasteiger partial charge on any atom is 0.243 e. The summed E-state index contributed by atoms with van der Waals surface area (Å²) in [6, 6.07) is 17.4. The molecular formula is C22H30N4O2S. The van der Waals surface area contributed by atoms with Crippen LogP contribution in [0.25, 0.3) is 0 Å². The fraction of sp³-hybridized carbons (Fsp3) is 0.409. The minimum absolute atomic E-state index is 0.0785. The highest BCUT2D eigenvalue weighted by Crippen LogP contribution is 2.23. The predicted octanol–water partition coefficient (Wildman–Crippen LogP) is 3.29. The summed E-state index contributed by atoms with van der Waals surface area (Å²) in [4.78, 5) is 4.66. The van der Waals surface area contributed by atoms with Gasteiger partial charge in [0.2, 0.25) is 10.0 Å². The van der Waals surface area contributed by atoms with Crippen molar-refractivity contribution in [2.45, 2.75) is 43.7 Å². The van der Waals surface area contributed by atoms with E-state index < -0.39 is 10.0 Å². The lowest BCUT2D eigenvalue weighted by Gasteiger charge is -2.27. The van der Waals surface area contributed by atoms with Crippen molar-refractivity contribution >= 4 is 16.0 Å². The van der Waals surface area contributed by atoms with Crippen LogP contribution in [0.2, 0.25) is 0 Å².